The minimum atomic E-state index is -0.272. The second-order valence-corrected chi connectivity index (χ2v) is 6.03. The number of carbonyl (C=O) groups is 1. The minimum absolute atomic E-state index is 0.00156. The smallest absolute Gasteiger partial charge is 0.272 e. The van der Waals surface area contributed by atoms with Crippen LogP contribution in [0.15, 0.2) is 47.3 Å². The van der Waals surface area contributed by atoms with Crippen LogP contribution in [0.4, 0.5) is 0 Å². The Hall–Kier alpha value is -2.47. The van der Waals surface area contributed by atoms with Crippen molar-refractivity contribution in [3.8, 4) is 0 Å². The van der Waals surface area contributed by atoms with Crippen LogP contribution in [0.1, 0.15) is 35.3 Å². The Balaban J connectivity index is 1.59. The summed E-state index contributed by atoms with van der Waals surface area (Å²) in [6.45, 7) is 0.538. The van der Waals surface area contributed by atoms with E-state index in [1.165, 1.54) is 19.2 Å². The lowest BCUT2D eigenvalue weighted by Crippen LogP contribution is -2.41. The van der Waals surface area contributed by atoms with Gasteiger partial charge in [0.2, 0.25) is 0 Å². The van der Waals surface area contributed by atoms with Crippen LogP contribution in [0, 0.1) is 0 Å². The third-order valence-corrected chi connectivity index (χ3v) is 4.27. The van der Waals surface area contributed by atoms with Crippen molar-refractivity contribution in [3.63, 3.8) is 0 Å². The molecule has 1 aromatic carbocycles. The van der Waals surface area contributed by atoms with E-state index in [2.05, 4.69) is 10.4 Å². The lowest BCUT2D eigenvalue weighted by molar-refractivity contribution is 0.0271. The number of nitrogens with zero attached hydrogens (tertiary/aromatic N) is 2. The van der Waals surface area contributed by atoms with Crippen LogP contribution < -0.4 is 10.9 Å². The van der Waals surface area contributed by atoms with Crippen LogP contribution in [0.25, 0.3) is 0 Å². The van der Waals surface area contributed by atoms with Gasteiger partial charge in [0.25, 0.3) is 11.5 Å². The molecule has 3 rings (SSSR count). The Bertz CT molecular complexity index is 758. The molecule has 0 spiro atoms. The van der Waals surface area contributed by atoms with Crippen molar-refractivity contribution in [1.29, 1.82) is 0 Å². The molecule has 1 aliphatic rings. The highest BCUT2D eigenvalue weighted by Crippen LogP contribution is 2.23. The number of aryl methyl sites for hydroxylation is 1. The van der Waals surface area contributed by atoms with Crippen molar-refractivity contribution in [2.75, 3.05) is 0 Å². The van der Waals surface area contributed by atoms with E-state index in [1.807, 2.05) is 30.3 Å². The molecule has 0 bridgehead atoms. The van der Waals surface area contributed by atoms with Gasteiger partial charge in [0.05, 0.1) is 18.8 Å². The largest absolute Gasteiger partial charge is 0.371 e. The molecule has 1 heterocycles. The van der Waals surface area contributed by atoms with Gasteiger partial charge in [0.15, 0.2) is 0 Å². The fraction of sp³-hybridized carbons (Fsp3) is 0.389. The number of hydrogen-bond acceptors (Lipinski definition) is 4. The van der Waals surface area contributed by atoms with Gasteiger partial charge in [-0.1, -0.05) is 30.3 Å². The van der Waals surface area contributed by atoms with Gasteiger partial charge in [0, 0.05) is 13.1 Å². The van der Waals surface area contributed by atoms with Gasteiger partial charge < -0.3 is 10.1 Å². The molecule has 1 saturated carbocycles. The second-order valence-electron chi connectivity index (χ2n) is 6.03. The lowest BCUT2D eigenvalue weighted by atomic mass is 10.2. The standard InChI is InChI=1S/C18H21N3O3/c1-21-17(22)11-10-15(20-21)18(23)19-14-8-5-9-16(14)24-12-13-6-3-2-4-7-13/h2-4,6-7,10-11,14,16H,5,8-9,12H2,1H3,(H,19,23)/t14-,16-/m1/s1. The van der Waals surface area contributed by atoms with E-state index in [1.54, 1.807) is 0 Å². The first-order chi connectivity index (χ1) is 11.6. The van der Waals surface area contributed by atoms with Gasteiger partial charge in [0.1, 0.15) is 5.69 Å². The number of hydrogen-bond donors (Lipinski definition) is 1. The van der Waals surface area contributed by atoms with Gasteiger partial charge in [-0.25, -0.2) is 4.68 Å². The van der Waals surface area contributed by atoms with Gasteiger partial charge in [-0.05, 0) is 30.9 Å². The summed E-state index contributed by atoms with van der Waals surface area (Å²) in [4.78, 5) is 23.7. The molecule has 6 heteroatoms. The van der Waals surface area contributed by atoms with Crippen LogP contribution in [0.2, 0.25) is 0 Å². The highest BCUT2D eigenvalue weighted by molar-refractivity contribution is 5.92. The molecular formula is C18H21N3O3. The molecule has 1 amide bonds. The zero-order chi connectivity index (χ0) is 16.9. The third kappa shape index (κ3) is 3.89. The molecule has 1 aromatic heterocycles. The quantitative estimate of drug-likeness (QED) is 0.906. The molecule has 2 aromatic rings. The fourth-order valence-corrected chi connectivity index (χ4v) is 2.93. The van der Waals surface area contributed by atoms with Crippen LogP contribution in [0.3, 0.4) is 0 Å². The zero-order valence-corrected chi connectivity index (χ0v) is 13.6. The third-order valence-electron chi connectivity index (χ3n) is 4.27. The van der Waals surface area contributed by atoms with E-state index in [9.17, 15) is 9.59 Å². The molecule has 126 valence electrons. The summed E-state index contributed by atoms with van der Waals surface area (Å²) in [6.07, 6.45) is 2.84. The minimum Gasteiger partial charge on any atom is -0.371 e. The van der Waals surface area contributed by atoms with Crippen molar-refractivity contribution in [3.05, 3.63) is 64.1 Å². The van der Waals surface area contributed by atoms with E-state index < -0.39 is 0 Å². The SMILES string of the molecule is Cn1nc(C(=O)N[C@@H]2CCC[C@H]2OCc2ccccc2)ccc1=O. The van der Waals surface area contributed by atoms with Crippen molar-refractivity contribution in [2.45, 2.75) is 38.0 Å². The molecular weight excluding hydrogens is 306 g/mol. The van der Waals surface area contributed by atoms with E-state index in [-0.39, 0.29) is 29.3 Å². The van der Waals surface area contributed by atoms with E-state index in [0.29, 0.717) is 6.61 Å². The van der Waals surface area contributed by atoms with Gasteiger partial charge in [-0.15, -0.1) is 0 Å². The van der Waals surface area contributed by atoms with Crippen molar-refractivity contribution < 1.29 is 9.53 Å². The Kier molecular flexibility index (Phi) is 5.05. The number of rotatable bonds is 5. The summed E-state index contributed by atoms with van der Waals surface area (Å²) in [5.41, 5.74) is 1.12. The first-order valence-electron chi connectivity index (χ1n) is 8.14. The molecule has 2 atom stereocenters. The van der Waals surface area contributed by atoms with E-state index in [4.69, 9.17) is 4.74 Å². The lowest BCUT2D eigenvalue weighted by Gasteiger charge is -2.21. The topological polar surface area (TPSA) is 73.2 Å². The summed E-state index contributed by atoms with van der Waals surface area (Å²) in [6, 6.07) is 12.8. The molecule has 0 unspecified atom stereocenters. The molecule has 6 nitrogen and oxygen atoms in total. The number of benzene rings is 1. The number of ether oxygens (including phenoxy) is 1. The first-order valence-corrected chi connectivity index (χ1v) is 8.14. The monoisotopic (exact) mass is 327 g/mol. The summed E-state index contributed by atoms with van der Waals surface area (Å²) < 4.78 is 7.15. The maximum absolute atomic E-state index is 12.3. The Morgan fingerprint density at radius 2 is 2.04 bits per heavy atom. The van der Waals surface area contributed by atoms with E-state index in [0.717, 1.165) is 29.5 Å². The Morgan fingerprint density at radius 3 is 2.79 bits per heavy atom. The average Bonchev–Trinajstić information content (AvgIpc) is 3.03. The summed E-state index contributed by atoms with van der Waals surface area (Å²) in [7, 11) is 1.53. The zero-order valence-electron chi connectivity index (χ0n) is 13.6. The van der Waals surface area contributed by atoms with Crippen LogP contribution >= 0.6 is 0 Å². The highest BCUT2D eigenvalue weighted by atomic mass is 16.5. The summed E-state index contributed by atoms with van der Waals surface area (Å²) in [5.74, 6) is -0.272. The molecule has 0 saturated heterocycles. The summed E-state index contributed by atoms with van der Waals surface area (Å²) in [5, 5.41) is 6.97. The van der Waals surface area contributed by atoms with Gasteiger partial charge in [-0.3, -0.25) is 9.59 Å². The predicted octanol–water partition coefficient (Wildman–Crippen LogP) is 1.65. The van der Waals surface area contributed by atoms with E-state index >= 15 is 0 Å². The molecule has 0 radical (unpaired) electrons. The second kappa shape index (κ2) is 7.40. The van der Waals surface area contributed by atoms with Crippen molar-refractivity contribution >= 4 is 5.91 Å². The van der Waals surface area contributed by atoms with Crippen LogP contribution in [-0.2, 0) is 18.4 Å². The number of aromatic nitrogens is 2. The number of nitrogens with one attached hydrogen (secondary N) is 1. The van der Waals surface area contributed by atoms with Crippen LogP contribution in [0.5, 0.6) is 0 Å². The number of carbonyl (C=O) groups excluding carboxylic acids is 1. The van der Waals surface area contributed by atoms with Gasteiger partial charge >= 0.3 is 0 Å². The predicted molar refractivity (Wildman–Crippen MR) is 89.6 cm³/mol. The molecule has 1 fully saturated rings. The number of amides is 1. The Labute approximate surface area is 140 Å². The maximum atomic E-state index is 12.3. The average molecular weight is 327 g/mol. The molecule has 1 aliphatic carbocycles. The van der Waals surface area contributed by atoms with Crippen LogP contribution in [-0.4, -0.2) is 27.8 Å². The molecule has 1 N–H and O–H groups in total. The van der Waals surface area contributed by atoms with Crippen molar-refractivity contribution in [1.82, 2.24) is 15.1 Å². The molecule has 0 aliphatic heterocycles. The molecule has 24 heavy (non-hydrogen) atoms. The van der Waals surface area contributed by atoms with Gasteiger partial charge in [-0.2, -0.15) is 5.10 Å². The normalized spacial score (nSPS) is 20.0. The maximum Gasteiger partial charge on any atom is 0.272 e. The fourth-order valence-electron chi connectivity index (χ4n) is 2.93. The Morgan fingerprint density at radius 1 is 1.25 bits per heavy atom. The highest BCUT2D eigenvalue weighted by Gasteiger charge is 2.30. The van der Waals surface area contributed by atoms with Crippen molar-refractivity contribution in [2.24, 2.45) is 7.05 Å². The first kappa shape index (κ1) is 16.4. The summed E-state index contributed by atoms with van der Waals surface area (Å²) >= 11 is 0.